The van der Waals surface area contributed by atoms with E-state index in [1.54, 1.807) is 0 Å². The highest BCUT2D eigenvalue weighted by Crippen LogP contribution is 2.17. The number of halogens is 2. The van der Waals surface area contributed by atoms with Gasteiger partial charge in [-0.25, -0.2) is 4.39 Å². The van der Waals surface area contributed by atoms with Crippen LogP contribution in [0.3, 0.4) is 0 Å². The van der Waals surface area contributed by atoms with E-state index in [1.807, 2.05) is 22.6 Å². The Bertz CT molecular complexity index is 685. The Kier molecular flexibility index (Phi) is 4.17. The lowest BCUT2D eigenvalue weighted by molar-refractivity contribution is 0.102. The number of nitrogens with zero attached hydrogens (tertiary/aromatic N) is 2. The smallest absolute Gasteiger partial charge is 0.257 e. The number of carbonyl (C=O) groups is 1. The van der Waals surface area contributed by atoms with E-state index >= 15 is 0 Å². The molecule has 2 rings (SSSR count). The SMILES string of the molecule is N/C(=N/O)c1cn[nH]c1NC(=O)c1ccc(F)cc1I. The number of aromatic amines is 1. The van der Waals surface area contributed by atoms with Crippen LogP contribution in [0.5, 0.6) is 0 Å². The summed E-state index contributed by atoms with van der Waals surface area (Å²) in [4.78, 5) is 12.1. The highest BCUT2D eigenvalue weighted by molar-refractivity contribution is 14.1. The summed E-state index contributed by atoms with van der Waals surface area (Å²) in [5.41, 5.74) is 5.99. The van der Waals surface area contributed by atoms with Gasteiger partial charge in [-0.15, -0.1) is 0 Å². The van der Waals surface area contributed by atoms with E-state index in [0.717, 1.165) is 0 Å². The lowest BCUT2D eigenvalue weighted by atomic mass is 10.2. The highest BCUT2D eigenvalue weighted by Gasteiger charge is 2.15. The molecule has 0 unspecified atom stereocenters. The summed E-state index contributed by atoms with van der Waals surface area (Å²) in [7, 11) is 0. The molecule has 1 aromatic carbocycles. The summed E-state index contributed by atoms with van der Waals surface area (Å²) >= 11 is 1.86. The second kappa shape index (κ2) is 5.86. The molecule has 9 heteroatoms. The predicted molar refractivity (Wildman–Crippen MR) is 78.2 cm³/mol. The topological polar surface area (TPSA) is 116 Å². The highest BCUT2D eigenvalue weighted by atomic mass is 127. The lowest BCUT2D eigenvalue weighted by Gasteiger charge is -2.06. The zero-order chi connectivity index (χ0) is 14.7. The molecule has 0 saturated carbocycles. The lowest BCUT2D eigenvalue weighted by Crippen LogP contribution is -2.19. The van der Waals surface area contributed by atoms with Gasteiger partial charge in [-0.2, -0.15) is 5.10 Å². The second-order valence-electron chi connectivity index (χ2n) is 3.72. The quantitative estimate of drug-likeness (QED) is 0.209. The van der Waals surface area contributed by atoms with Crippen LogP contribution in [0.25, 0.3) is 0 Å². The van der Waals surface area contributed by atoms with Crippen molar-refractivity contribution in [2.75, 3.05) is 5.32 Å². The van der Waals surface area contributed by atoms with E-state index in [1.165, 1.54) is 24.4 Å². The normalized spacial score (nSPS) is 11.4. The number of H-pyrrole nitrogens is 1. The molecular formula is C11H9FIN5O2. The molecule has 1 aromatic heterocycles. The van der Waals surface area contributed by atoms with Crippen LogP contribution < -0.4 is 11.1 Å². The molecule has 1 amide bonds. The number of benzene rings is 1. The van der Waals surface area contributed by atoms with E-state index in [0.29, 0.717) is 9.13 Å². The fourth-order valence-electron chi connectivity index (χ4n) is 1.48. The van der Waals surface area contributed by atoms with E-state index in [2.05, 4.69) is 20.7 Å². The number of carbonyl (C=O) groups excluding carboxylic acids is 1. The van der Waals surface area contributed by atoms with Crippen molar-refractivity contribution in [2.45, 2.75) is 0 Å². The van der Waals surface area contributed by atoms with Gasteiger partial charge in [-0.3, -0.25) is 9.89 Å². The molecule has 0 bridgehead atoms. The molecular weight excluding hydrogens is 380 g/mol. The van der Waals surface area contributed by atoms with Gasteiger partial charge in [0.05, 0.1) is 17.3 Å². The van der Waals surface area contributed by atoms with E-state index in [9.17, 15) is 9.18 Å². The molecule has 5 N–H and O–H groups in total. The maximum atomic E-state index is 13.0. The summed E-state index contributed by atoms with van der Waals surface area (Å²) in [5, 5.41) is 20.2. The Morgan fingerprint density at radius 1 is 1.50 bits per heavy atom. The van der Waals surface area contributed by atoms with Crippen LogP contribution in [-0.2, 0) is 0 Å². The van der Waals surface area contributed by atoms with Crippen molar-refractivity contribution in [3.05, 3.63) is 44.9 Å². The van der Waals surface area contributed by atoms with Gasteiger partial charge in [-0.1, -0.05) is 5.16 Å². The molecule has 0 aliphatic carbocycles. The van der Waals surface area contributed by atoms with Crippen LogP contribution in [0.4, 0.5) is 10.2 Å². The molecule has 104 valence electrons. The first-order chi connectivity index (χ1) is 9.52. The molecule has 0 fully saturated rings. The summed E-state index contributed by atoms with van der Waals surface area (Å²) < 4.78 is 13.5. The Labute approximate surface area is 126 Å². The number of amides is 1. The number of rotatable bonds is 3. The molecule has 2 aromatic rings. The monoisotopic (exact) mass is 389 g/mol. The molecule has 1 heterocycles. The minimum absolute atomic E-state index is 0.186. The predicted octanol–water partition coefficient (Wildman–Crippen LogP) is 1.50. The third-order valence-electron chi connectivity index (χ3n) is 2.44. The third-order valence-corrected chi connectivity index (χ3v) is 3.33. The van der Waals surface area contributed by atoms with Crippen LogP contribution in [-0.4, -0.2) is 27.1 Å². The summed E-state index contributed by atoms with van der Waals surface area (Å²) in [6.45, 7) is 0. The number of nitrogens with one attached hydrogen (secondary N) is 2. The number of oxime groups is 1. The van der Waals surface area contributed by atoms with Crippen molar-refractivity contribution in [3.63, 3.8) is 0 Å². The van der Waals surface area contributed by atoms with Crippen molar-refractivity contribution >= 4 is 40.2 Å². The number of nitrogens with two attached hydrogens (primary N) is 1. The number of aromatic nitrogens is 2. The molecule has 7 nitrogen and oxygen atoms in total. The Balaban J connectivity index is 2.26. The summed E-state index contributed by atoms with van der Waals surface area (Å²) in [6.07, 6.45) is 1.31. The van der Waals surface area contributed by atoms with E-state index < -0.39 is 11.7 Å². The standard InChI is InChI=1S/C11H9FIN5O2/c12-5-1-2-6(8(13)3-5)11(19)16-10-7(4-15-17-10)9(14)18-20/h1-4,20H,(H2,14,18)(H2,15,16,17,19). The molecule has 0 saturated heterocycles. The van der Waals surface area contributed by atoms with Crippen LogP contribution in [0.15, 0.2) is 29.6 Å². The second-order valence-corrected chi connectivity index (χ2v) is 4.88. The van der Waals surface area contributed by atoms with E-state index in [-0.39, 0.29) is 17.2 Å². The molecule has 20 heavy (non-hydrogen) atoms. The van der Waals surface area contributed by atoms with Crippen molar-refractivity contribution in [3.8, 4) is 0 Å². The number of hydrogen-bond donors (Lipinski definition) is 4. The number of hydrogen-bond acceptors (Lipinski definition) is 4. The van der Waals surface area contributed by atoms with Crippen molar-refractivity contribution in [1.82, 2.24) is 10.2 Å². The largest absolute Gasteiger partial charge is 0.409 e. The minimum Gasteiger partial charge on any atom is -0.409 e. The Hall–Kier alpha value is -2.17. The molecule has 0 aliphatic heterocycles. The van der Waals surface area contributed by atoms with Crippen LogP contribution in [0.2, 0.25) is 0 Å². The Morgan fingerprint density at radius 3 is 2.90 bits per heavy atom. The van der Waals surface area contributed by atoms with Gasteiger partial charge in [0, 0.05) is 3.57 Å². The summed E-state index contributed by atoms with van der Waals surface area (Å²) in [5.74, 6) is -0.899. The first kappa shape index (κ1) is 14.2. The van der Waals surface area contributed by atoms with Crippen LogP contribution >= 0.6 is 22.6 Å². The fourth-order valence-corrected chi connectivity index (χ4v) is 2.21. The van der Waals surface area contributed by atoms with Crippen LogP contribution in [0.1, 0.15) is 15.9 Å². The number of anilines is 1. The average molecular weight is 389 g/mol. The van der Waals surface area contributed by atoms with E-state index in [4.69, 9.17) is 10.9 Å². The summed E-state index contributed by atoms with van der Waals surface area (Å²) in [6, 6.07) is 3.80. The molecule has 0 aliphatic rings. The van der Waals surface area contributed by atoms with Gasteiger partial charge in [0.1, 0.15) is 11.6 Å². The van der Waals surface area contributed by atoms with Gasteiger partial charge in [0.2, 0.25) is 0 Å². The van der Waals surface area contributed by atoms with Gasteiger partial charge in [-0.05, 0) is 40.8 Å². The zero-order valence-corrected chi connectivity index (χ0v) is 12.1. The maximum Gasteiger partial charge on any atom is 0.257 e. The first-order valence-corrected chi connectivity index (χ1v) is 6.38. The molecule has 0 atom stereocenters. The minimum atomic E-state index is -0.467. The molecule has 0 radical (unpaired) electrons. The van der Waals surface area contributed by atoms with Crippen molar-refractivity contribution in [1.29, 1.82) is 0 Å². The maximum absolute atomic E-state index is 13.0. The average Bonchev–Trinajstić information content (AvgIpc) is 2.85. The first-order valence-electron chi connectivity index (χ1n) is 5.30. The van der Waals surface area contributed by atoms with Crippen molar-refractivity contribution < 1.29 is 14.4 Å². The van der Waals surface area contributed by atoms with Gasteiger partial charge < -0.3 is 16.3 Å². The van der Waals surface area contributed by atoms with Gasteiger partial charge in [0.25, 0.3) is 5.91 Å². The zero-order valence-electron chi connectivity index (χ0n) is 9.89. The fraction of sp³-hybridized carbons (Fsp3) is 0. The Morgan fingerprint density at radius 2 is 2.25 bits per heavy atom. The number of amidine groups is 1. The van der Waals surface area contributed by atoms with Crippen molar-refractivity contribution in [2.24, 2.45) is 10.9 Å². The third kappa shape index (κ3) is 2.87. The van der Waals surface area contributed by atoms with Gasteiger partial charge >= 0.3 is 0 Å². The molecule has 0 spiro atoms. The van der Waals surface area contributed by atoms with Gasteiger partial charge in [0.15, 0.2) is 5.84 Å². The van der Waals surface area contributed by atoms with Crippen LogP contribution in [0, 0.1) is 9.39 Å².